The minimum absolute atomic E-state index is 0.108. The summed E-state index contributed by atoms with van der Waals surface area (Å²) in [5.74, 6) is 0. The van der Waals surface area contributed by atoms with Crippen molar-refractivity contribution < 1.29 is 9.84 Å². The van der Waals surface area contributed by atoms with Gasteiger partial charge in [-0.2, -0.15) is 5.10 Å². The van der Waals surface area contributed by atoms with Crippen LogP contribution in [0.15, 0.2) is 71.9 Å². The summed E-state index contributed by atoms with van der Waals surface area (Å²) >= 11 is 0. The fraction of sp³-hybridized carbons (Fsp3) is 0.290. The molecule has 38 heavy (non-hydrogen) atoms. The normalized spacial score (nSPS) is 14.5. The molecule has 7 heteroatoms. The number of aryl methyl sites for hydroxylation is 1. The highest BCUT2D eigenvalue weighted by Gasteiger charge is 2.16. The summed E-state index contributed by atoms with van der Waals surface area (Å²) < 4.78 is 7.38. The van der Waals surface area contributed by atoms with E-state index in [4.69, 9.17) is 4.74 Å². The lowest BCUT2D eigenvalue weighted by Gasteiger charge is -2.26. The van der Waals surface area contributed by atoms with E-state index < -0.39 is 0 Å². The number of hydrogen-bond donors (Lipinski definition) is 2. The van der Waals surface area contributed by atoms with Crippen LogP contribution in [0.3, 0.4) is 0 Å². The molecule has 1 aliphatic heterocycles. The highest BCUT2D eigenvalue weighted by molar-refractivity contribution is 6.13. The molecule has 3 heterocycles. The quantitative estimate of drug-likeness (QED) is 0.304. The van der Waals surface area contributed by atoms with Crippen LogP contribution in [0.2, 0.25) is 0 Å². The van der Waals surface area contributed by atoms with Gasteiger partial charge in [-0.1, -0.05) is 43.3 Å². The zero-order chi connectivity index (χ0) is 26.1. The average Bonchev–Trinajstić information content (AvgIpc) is 3.42. The first-order chi connectivity index (χ1) is 18.6. The van der Waals surface area contributed by atoms with Gasteiger partial charge in [-0.25, -0.2) is 0 Å². The lowest BCUT2D eigenvalue weighted by Crippen LogP contribution is -2.35. The first-order valence-corrected chi connectivity index (χ1v) is 13.3. The zero-order valence-electron chi connectivity index (χ0n) is 21.6. The lowest BCUT2D eigenvalue weighted by molar-refractivity contribution is 0.0342. The van der Waals surface area contributed by atoms with Gasteiger partial charge in [0.05, 0.1) is 31.4 Å². The molecular formula is C31H32N4O3. The Hall–Kier alpha value is -3.78. The van der Waals surface area contributed by atoms with Gasteiger partial charge < -0.3 is 14.8 Å². The number of ether oxygens (including phenoxy) is 1. The molecule has 2 N–H and O–H groups in total. The molecule has 0 saturated carbocycles. The van der Waals surface area contributed by atoms with Gasteiger partial charge in [0.1, 0.15) is 0 Å². The van der Waals surface area contributed by atoms with E-state index >= 15 is 0 Å². The lowest BCUT2D eigenvalue weighted by atomic mass is 9.92. The number of nitrogens with one attached hydrogen (secondary N) is 1. The third-order valence-electron chi connectivity index (χ3n) is 7.45. The van der Waals surface area contributed by atoms with Crippen molar-refractivity contribution >= 4 is 21.5 Å². The number of nitrogens with zero attached hydrogens (tertiary/aromatic N) is 3. The Morgan fingerprint density at radius 3 is 2.53 bits per heavy atom. The number of aliphatic hydroxyl groups is 1. The third kappa shape index (κ3) is 4.65. The van der Waals surface area contributed by atoms with Crippen LogP contribution >= 0.6 is 0 Å². The number of fused-ring (bicyclic) bond motifs is 3. The van der Waals surface area contributed by atoms with Crippen molar-refractivity contribution in [1.29, 1.82) is 0 Å². The Morgan fingerprint density at radius 1 is 0.974 bits per heavy atom. The van der Waals surface area contributed by atoms with Crippen LogP contribution in [-0.2, 0) is 24.4 Å². The summed E-state index contributed by atoms with van der Waals surface area (Å²) in [6.07, 6.45) is 6.58. The maximum Gasteiger partial charge on any atom is 0.256 e. The van der Waals surface area contributed by atoms with E-state index in [1.165, 1.54) is 5.56 Å². The number of H-pyrrole nitrogens is 1. The molecule has 194 valence electrons. The molecule has 0 spiro atoms. The highest BCUT2D eigenvalue weighted by atomic mass is 16.5. The average molecular weight is 509 g/mol. The number of rotatable bonds is 7. The maximum absolute atomic E-state index is 13.2. The standard InChI is InChI=1S/C31H32N4O3/c1-2-9-35-19-25(16-33-35)29-17-32-31(37)30-27-14-23(7-8-26(27)24(20-36)15-28(29)30)22-5-3-21(4-6-22)18-34-10-12-38-13-11-34/h3-8,14-17,19,36H,2,9-13,18,20H2,1H3,(H,32,37). The van der Waals surface area contributed by atoms with Crippen LogP contribution in [0.25, 0.3) is 43.8 Å². The van der Waals surface area contributed by atoms with Gasteiger partial charge in [0, 0.05) is 49.7 Å². The van der Waals surface area contributed by atoms with E-state index in [0.29, 0.717) is 5.39 Å². The van der Waals surface area contributed by atoms with Crippen LogP contribution < -0.4 is 5.56 Å². The van der Waals surface area contributed by atoms with Crippen molar-refractivity contribution in [3.8, 4) is 22.3 Å². The molecular weight excluding hydrogens is 476 g/mol. The smallest absolute Gasteiger partial charge is 0.256 e. The van der Waals surface area contributed by atoms with E-state index in [9.17, 15) is 9.90 Å². The molecule has 5 aromatic rings. The monoisotopic (exact) mass is 508 g/mol. The Labute approximate surface area is 221 Å². The Morgan fingerprint density at radius 2 is 1.76 bits per heavy atom. The van der Waals surface area contributed by atoms with E-state index in [1.807, 2.05) is 29.2 Å². The molecule has 7 nitrogen and oxygen atoms in total. The van der Waals surface area contributed by atoms with E-state index in [1.54, 1.807) is 6.20 Å². The SMILES string of the molecule is CCCn1cc(-c2c[nH]c(=O)c3c2cc(CO)c2ccc(-c4ccc(CN5CCOCC5)cc4)cc23)cn1. The largest absolute Gasteiger partial charge is 0.392 e. The molecule has 0 atom stereocenters. The fourth-order valence-electron chi connectivity index (χ4n) is 5.47. The predicted molar refractivity (Wildman–Crippen MR) is 151 cm³/mol. The minimum Gasteiger partial charge on any atom is -0.392 e. The summed E-state index contributed by atoms with van der Waals surface area (Å²) in [6.45, 7) is 7.27. The molecule has 2 aromatic heterocycles. The fourth-order valence-corrected chi connectivity index (χ4v) is 5.47. The molecule has 0 radical (unpaired) electrons. The number of hydrogen-bond acceptors (Lipinski definition) is 5. The number of aliphatic hydroxyl groups excluding tert-OH is 1. The second-order valence-corrected chi connectivity index (χ2v) is 9.99. The summed E-state index contributed by atoms with van der Waals surface area (Å²) in [4.78, 5) is 18.6. The molecule has 0 aliphatic carbocycles. The van der Waals surface area contributed by atoms with Crippen molar-refractivity contribution in [1.82, 2.24) is 19.7 Å². The Bertz CT molecular complexity index is 1650. The predicted octanol–water partition coefficient (Wildman–Crippen LogP) is 4.95. The number of pyridine rings is 1. The van der Waals surface area contributed by atoms with Crippen LogP contribution in [0.5, 0.6) is 0 Å². The van der Waals surface area contributed by atoms with Crippen molar-refractivity contribution in [2.24, 2.45) is 0 Å². The number of aromatic nitrogens is 3. The number of aromatic amines is 1. The van der Waals surface area contributed by atoms with Crippen molar-refractivity contribution in [2.45, 2.75) is 33.0 Å². The topological polar surface area (TPSA) is 83.4 Å². The highest BCUT2D eigenvalue weighted by Crippen LogP contribution is 2.35. The van der Waals surface area contributed by atoms with Gasteiger partial charge in [-0.15, -0.1) is 0 Å². The molecule has 1 saturated heterocycles. The summed E-state index contributed by atoms with van der Waals surface area (Å²) in [7, 11) is 0. The van der Waals surface area contributed by atoms with Crippen molar-refractivity contribution in [3.63, 3.8) is 0 Å². The van der Waals surface area contributed by atoms with E-state index in [0.717, 1.165) is 89.8 Å². The van der Waals surface area contributed by atoms with Gasteiger partial charge in [0.15, 0.2) is 0 Å². The van der Waals surface area contributed by atoms with Crippen LogP contribution in [0, 0.1) is 0 Å². The minimum atomic E-state index is -0.141. The number of benzene rings is 3. The Balaban J connectivity index is 1.44. The van der Waals surface area contributed by atoms with Crippen molar-refractivity contribution in [2.75, 3.05) is 26.3 Å². The van der Waals surface area contributed by atoms with Crippen molar-refractivity contribution in [3.05, 3.63) is 88.6 Å². The molecule has 1 aliphatic rings. The zero-order valence-corrected chi connectivity index (χ0v) is 21.6. The van der Waals surface area contributed by atoms with Gasteiger partial charge >= 0.3 is 0 Å². The summed E-state index contributed by atoms with van der Waals surface area (Å²) in [5.41, 5.74) is 5.89. The summed E-state index contributed by atoms with van der Waals surface area (Å²) in [6, 6.07) is 16.7. The summed E-state index contributed by atoms with van der Waals surface area (Å²) in [5, 5.41) is 17.9. The molecule has 0 unspecified atom stereocenters. The maximum atomic E-state index is 13.2. The molecule has 0 amide bonds. The van der Waals surface area contributed by atoms with Crippen LogP contribution in [0.1, 0.15) is 24.5 Å². The van der Waals surface area contributed by atoms with Gasteiger partial charge in [-0.05, 0) is 57.0 Å². The Kier molecular flexibility index (Phi) is 6.81. The molecule has 0 bridgehead atoms. The first-order valence-electron chi connectivity index (χ1n) is 13.3. The number of morpholine rings is 1. The van der Waals surface area contributed by atoms with Gasteiger partial charge in [0.25, 0.3) is 5.56 Å². The second kappa shape index (κ2) is 10.5. The van der Waals surface area contributed by atoms with Crippen LogP contribution in [0.4, 0.5) is 0 Å². The van der Waals surface area contributed by atoms with Crippen LogP contribution in [-0.4, -0.2) is 51.1 Å². The third-order valence-corrected chi connectivity index (χ3v) is 7.45. The first kappa shape index (κ1) is 24.6. The second-order valence-electron chi connectivity index (χ2n) is 9.99. The van der Waals surface area contributed by atoms with E-state index in [2.05, 4.69) is 58.3 Å². The molecule has 1 fully saturated rings. The van der Waals surface area contributed by atoms with Gasteiger partial charge in [0.2, 0.25) is 0 Å². The molecule has 6 rings (SSSR count). The van der Waals surface area contributed by atoms with Gasteiger partial charge in [-0.3, -0.25) is 14.4 Å². The van der Waals surface area contributed by atoms with E-state index in [-0.39, 0.29) is 12.2 Å². The molecule has 3 aromatic carbocycles.